The molecule has 0 saturated carbocycles. The Hall–Kier alpha value is -3.55. The fourth-order valence-corrected chi connectivity index (χ4v) is 3.85. The minimum atomic E-state index is -0.224. The third-order valence-corrected chi connectivity index (χ3v) is 5.66. The van der Waals surface area contributed by atoms with E-state index < -0.39 is 0 Å². The van der Waals surface area contributed by atoms with Crippen molar-refractivity contribution in [3.63, 3.8) is 0 Å². The SMILES string of the molecule is Cc1cccnc1NC(=O)C1CCCN(C(=O)CCCc2nnc(-c3ccccc3)o2)C1. The third kappa shape index (κ3) is 5.38. The van der Waals surface area contributed by atoms with Gasteiger partial charge in [-0.05, 0) is 49.9 Å². The summed E-state index contributed by atoms with van der Waals surface area (Å²) in [5.74, 6) is 1.34. The number of piperidine rings is 1. The second-order valence-electron chi connectivity index (χ2n) is 8.06. The topological polar surface area (TPSA) is 101 Å². The molecule has 0 aliphatic carbocycles. The summed E-state index contributed by atoms with van der Waals surface area (Å²) in [6.07, 6.45) is 4.79. The fourth-order valence-electron chi connectivity index (χ4n) is 3.85. The highest BCUT2D eigenvalue weighted by Crippen LogP contribution is 2.21. The van der Waals surface area contributed by atoms with Crippen molar-refractivity contribution < 1.29 is 14.0 Å². The average molecular weight is 434 g/mol. The van der Waals surface area contributed by atoms with Crippen LogP contribution in [0.4, 0.5) is 5.82 Å². The molecule has 1 saturated heterocycles. The molecule has 8 nitrogen and oxygen atoms in total. The molecule has 0 radical (unpaired) electrons. The van der Waals surface area contributed by atoms with E-state index in [2.05, 4.69) is 20.5 Å². The van der Waals surface area contributed by atoms with Gasteiger partial charge in [0.1, 0.15) is 5.82 Å². The molecule has 0 spiro atoms. The first-order valence-electron chi connectivity index (χ1n) is 11.0. The van der Waals surface area contributed by atoms with Crippen molar-refractivity contribution in [1.29, 1.82) is 0 Å². The Labute approximate surface area is 187 Å². The minimum absolute atomic E-state index is 0.0549. The van der Waals surface area contributed by atoms with Crippen LogP contribution in [0.5, 0.6) is 0 Å². The van der Waals surface area contributed by atoms with E-state index in [4.69, 9.17) is 4.42 Å². The molecule has 4 rings (SSSR count). The molecule has 2 aromatic heterocycles. The van der Waals surface area contributed by atoms with Gasteiger partial charge in [0.25, 0.3) is 0 Å². The van der Waals surface area contributed by atoms with Gasteiger partial charge in [-0.15, -0.1) is 10.2 Å². The van der Waals surface area contributed by atoms with Gasteiger partial charge in [-0.25, -0.2) is 4.98 Å². The standard InChI is InChI=1S/C24H27N5O3/c1-17-8-6-14-25-22(17)26-23(31)19-11-7-15-29(16-19)21(30)13-5-12-20-27-28-24(32-20)18-9-3-2-4-10-18/h2-4,6,8-10,14,19H,5,7,11-13,15-16H2,1H3,(H,25,26,31). The number of rotatable bonds is 7. The lowest BCUT2D eigenvalue weighted by Gasteiger charge is -2.32. The second-order valence-corrected chi connectivity index (χ2v) is 8.06. The van der Waals surface area contributed by atoms with Gasteiger partial charge in [-0.2, -0.15) is 0 Å². The van der Waals surface area contributed by atoms with Gasteiger partial charge in [-0.1, -0.05) is 24.3 Å². The lowest BCUT2D eigenvalue weighted by Crippen LogP contribution is -2.43. The Morgan fingerprint density at radius 3 is 2.81 bits per heavy atom. The normalized spacial score (nSPS) is 16.0. The Balaban J connectivity index is 1.25. The zero-order valence-electron chi connectivity index (χ0n) is 18.2. The molecule has 1 aliphatic rings. The highest BCUT2D eigenvalue weighted by Gasteiger charge is 2.28. The molecular weight excluding hydrogens is 406 g/mol. The molecule has 8 heteroatoms. The number of nitrogens with zero attached hydrogens (tertiary/aromatic N) is 4. The highest BCUT2D eigenvalue weighted by molar-refractivity contribution is 5.93. The first kappa shape index (κ1) is 21.7. The number of aryl methyl sites for hydroxylation is 2. The van der Waals surface area contributed by atoms with E-state index in [1.165, 1.54) is 0 Å². The smallest absolute Gasteiger partial charge is 0.247 e. The van der Waals surface area contributed by atoms with Crippen LogP contribution < -0.4 is 5.32 Å². The summed E-state index contributed by atoms with van der Waals surface area (Å²) in [4.78, 5) is 31.4. The average Bonchev–Trinajstić information content (AvgIpc) is 3.30. The summed E-state index contributed by atoms with van der Waals surface area (Å²) < 4.78 is 5.71. The number of nitrogens with one attached hydrogen (secondary N) is 1. The molecule has 1 aromatic carbocycles. The zero-order chi connectivity index (χ0) is 22.3. The summed E-state index contributed by atoms with van der Waals surface area (Å²) in [7, 11) is 0. The van der Waals surface area contributed by atoms with E-state index in [1.54, 1.807) is 11.1 Å². The third-order valence-electron chi connectivity index (χ3n) is 5.66. The van der Waals surface area contributed by atoms with E-state index in [1.807, 2.05) is 49.4 Å². The van der Waals surface area contributed by atoms with E-state index in [9.17, 15) is 9.59 Å². The molecule has 0 bridgehead atoms. The van der Waals surface area contributed by atoms with Crippen molar-refractivity contribution in [2.45, 2.75) is 39.0 Å². The zero-order valence-corrected chi connectivity index (χ0v) is 18.2. The second kappa shape index (κ2) is 10.2. The van der Waals surface area contributed by atoms with Crippen LogP contribution in [0, 0.1) is 12.8 Å². The summed E-state index contributed by atoms with van der Waals surface area (Å²) >= 11 is 0. The molecule has 1 unspecified atom stereocenters. The molecule has 1 fully saturated rings. The Kier molecular flexibility index (Phi) is 6.89. The van der Waals surface area contributed by atoms with E-state index in [0.717, 1.165) is 24.0 Å². The summed E-state index contributed by atoms with van der Waals surface area (Å²) in [5.41, 5.74) is 1.79. The van der Waals surface area contributed by atoms with E-state index in [-0.39, 0.29) is 17.7 Å². The molecule has 32 heavy (non-hydrogen) atoms. The number of aromatic nitrogens is 3. The van der Waals surface area contributed by atoms with Crippen molar-refractivity contribution in [3.05, 3.63) is 60.1 Å². The monoisotopic (exact) mass is 433 g/mol. The van der Waals surface area contributed by atoms with Gasteiger partial charge >= 0.3 is 0 Å². The van der Waals surface area contributed by atoms with Crippen molar-refractivity contribution in [3.8, 4) is 11.5 Å². The number of amides is 2. The number of pyridine rings is 1. The van der Waals surface area contributed by atoms with Crippen LogP contribution in [0.15, 0.2) is 53.1 Å². The van der Waals surface area contributed by atoms with Crippen molar-refractivity contribution in [2.75, 3.05) is 18.4 Å². The van der Waals surface area contributed by atoms with Gasteiger partial charge in [0.2, 0.25) is 23.6 Å². The van der Waals surface area contributed by atoms with Crippen molar-refractivity contribution in [2.24, 2.45) is 5.92 Å². The fraction of sp³-hybridized carbons (Fsp3) is 0.375. The predicted molar refractivity (Wildman–Crippen MR) is 120 cm³/mol. The van der Waals surface area contributed by atoms with Crippen LogP contribution in [0.3, 0.4) is 0 Å². The molecular formula is C24H27N5O3. The van der Waals surface area contributed by atoms with Gasteiger partial charge in [-0.3, -0.25) is 9.59 Å². The Morgan fingerprint density at radius 2 is 2.00 bits per heavy atom. The summed E-state index contributed by atoms with van der Waals surface area (Å²) in [5, 5.41) is 11.1. The van der Waals surface area contributed by atoms with Gasteiger partial charge in [0.05, 0.1) is 5.92 Å². The first-order chi connectivity index (χ1) is 15.6. The predicted octanol–water partition coefficient (Wildman–Crippen LogP) is 3.64. The Morgan fingerprint density at radius 1 is 1.16 bits per heavy atom. The molecule has 1 aliphatic heterocycles. The van der Waals surface area contributed by atoms with Crippen molar-refractivity contribution >= 4 is 17.6 Å². The van der Waals surface area contributed by atoms with Crippen molar-refractivity contribution in [1.82, 2.24) is 20.1 Å². The van der Waals surface area contributed by atoms with Crippen LogP contribution >= 0.6 is 0 Å². The number of hydrogen-bond donors (Lipinski definition) is 1. The highest BCUT2D eigenvalue weighted by atomic mass is 16.4. The Bertz CT molecular complexity index is 1070. The molecule has 166 valence electrons. The molecule has 1 N–H and O–H groups in total. The lowest BCUT2D eigenvalue weighted by atomic mass is 9.96. The summed E-state index contributed by atoms with van der Waals surface area (Å²) in [6.45, 7) is 3.03. The maximum absolute atomic E-state index is 12.7. The van der Waals surface area contributed by atoms with Crippen LogP contribution in [0.2, 0.25) is 0 Å². The number of hydrogen-bond acceptors (Lipinski definition) is 6. The molecule has 1 atom stereocenters. The maximum Gasteiger partial charge on any atom is 0.247 e. The van der Waals surface area contributed by atoms with Crippen LogP contribution in [0.25, 0.3) is 11.5 Å². The number of anilines is 1. The van der Waals surface area contributed by atoms with Gasteiger partial charge in [0.15, 0.2) is 0 Å². The van der Waals surface area contributed by atoms with Crippen LogP contribution in [0.1, 0.15) is 37.1 Å². The van der Waals surface area contributed by atoms with Crippen LogP contribution in [-0.2, 0) is 16.0 Å². The lowest BCUT2D eigenvalue weighted by molar-refractivity contribution is -0.134. The first-order valence-corrected chi connectivity index (χ1v) is 11.0. The maximum atomic E-state index is 12.7. The summed E-state index contributed by atoms with van der Waals surface area (Å²) in [6, 6.07) is 13.3. The van der Waals surface area contributed by atoms with Gasteiger partial charge in [0, 0.05) is 37.7 Å². The number of likely N-dealkylation sites (tertiary alicyclic amines) is 1. The largest absolute Gasteiger partial charge is 0.421 e. The number of carbonyl (C=O) groups is 2. The molecule has 2 amide bonds. The quantitative estimate of drug-likeness (QED) is 0.610. The van der Waals surface area contributed by atoms with Gasteiger partial charge < -0.3 is 14.6 Å². The number of benzene rings is 1. The molecule has 3 aromatic rings. The van der Waals surface area contributed by atoms with Crippen LogP contribution in [-0.4, -0.2) is 45.0 Å². The van der Waals surface area contributed by atoms with E-state index in [0.29, 0.717) is 50.0 Å². The van der Waals surface area contributed by atoms with E-state index >= 15 is 0 Å². The minimum Gasteiger partial charge on any atom is -0.421 e. The number of carbonyl (C=O) groups excluding carboxylic acids is 2. The molecule has 3 heterocycles.